The Labute approximate surface area is 92.9 Å². The number of thiophene rings is 1. The molecule has 14 heavy (non-hydrogen) atoms. The third-order valence-corrected chi connectivity index (χ3v) is 4.83. The van der Waals surface area contributed by atoms with Crippen LogP contribution < -0.4 is 0 Å². The summed E-state index contributed by atoms with van der Waals surface area (Å²) < 4.78 is 0. The fourth-order valence-electron chi connectivity index (χ4n) is 1.76. The average molecular weight is 226 g/mol. The number of rotatable bonds is 4. The number of hydrogen-bond acceptors (Lipinski definition) is 3. The number of carbonyl (C=O) groups is 1. The predicted molar refractivity (Wildman–Crippen MR) is 63.4 cm³/mol. The number of carbonyl (C=O) groups excluding carboxylic acids is 1. The molecule has 1 aromatic rings. The molecule has 0 aromatic carbocycles. The van der Waals surface area contributed by atoms with Crippen molar-refractivity contribution in [1.29, 1.82) is 0 Å². The van der Waals surface area contributed by atoms with Crippen LogP contribution in [0.4, 0.5) is 0 Å². The van der Waals surface area contributed by atoms with Crippen LogP contribution >= 0.6 is 23.1 Å². The van der Waals surface area contributed by atoms with Gasteiger partial charge in [-0.3, -0.25) is 4.79 Å². The number of hydrogen-bond donors (Lipinski definition) is 0. The van der Waals surface area contributed by atoms with Gasteiger partial charge in [0.15, 0.2) is 5.78 Å². The first kappa shape index (κ1) is 10.2. The molecule has 3 heteroatoms. The van der Waals surface area contributed by atoms with E-state index in [1.807, 2.05) is 29.3 Å². The SMILES string of the molecule is O=C(CSC1CCCC1)c1cccs1. The second kappa shape index (κ2) is 4.99. The number of Topliss-reactive ketones (excluding diaryl/α,β-unsaturated/α-hetero) is 1. The molecule has 1 aromatic heterocycles. The third-order valence-electron chi connectivity index (χ3n) is 2.55. The second-order valence-electron chi connectivity index (χ2n) is 3.62. The van der Waals surface area contributed by atoms with E-state index >= 15 is 0 Å². The summed E-state index contributed by atoms with van der Waals surface area (Å²) in [4.78, 5) is 12.6. The first-order chi connectivity index (χ1) is 6.86. The second-order valence-corrected chi connectivity index (χ2v) is 5.85. The van der Waals surface area contributed by atoms with E-state index in [4.69, 9.17) is 0 Å². The Morgan fingerprint density at radius 2 is 2.29 bits per heavy atom. The average Bonchev–Trinajstić information content (AvgIpc) is 2.87. The quantitative estimate of drug-likeness (QED) is 0.730. The topological polar surface area (TPSA) is 17.1 Å². The van der Waals surface area contributed by atoms with Gasteiger partial charge in [0, 0.05) is 5.25 Å². The lowest BCUT2D eigenvalue weighted by Crippen LogP contribution is -2.04. The molecule has 2 rings (SSSR count). The molecule has 1 aliphatic carbocycles. The highest BCUT2D eigenvalue weighted by molar-refractivity contribution is 8.00. The highest BCUT2D eigenvalue weighted by Gasteiger charge is 2.17. The maximum atomic E-state index is 11.7. The van der Waals surface area contributed by atoms with Crippen molar-refractivity contribution < 1.29 is 4.79 Å². The summed E-state index contributed by atoms with van der Waals surface area (Å²) in [5.74, 6) is 0.974. The smallest absolute Gasteiger partial charge is 0.182 e. The van der Waals surface area contributed by atoms with Gasteiger partial charge in [-0.2, -0.15) is 11.8 Å². The van der Waals surface area contributed by atoms with Gasteiger partial charge >= 0.3 is 0 Å². The summed E-state index contributed by atoms with van der Waals surface area (Å²) in [6.07, 6.45) is 5.32. The molecule has 0 amide bonds. The lowest BCUT2D eigenvalue weighted by molar-refractivity contribution is 0.102. The van der Waals surface area contributed by atoms with Gasteiger partial charge in [-0.25, -0.2) is 0 Å². The Bertz CT molecular complexity index is 286. The molecule has 0 aliphatic heterocycles. The standard InChI is InChI=1S/C11H14OS2/c12-10(11-6-3-7-13-11)8-14-9-4-1-2-5-9/h3,6-7,9H,1-2,4-5,8H2. The molecule has 76 valence electrons. The summed E-state index contributed by atoms with van der Waals surface area (Å²) >= 11 is 3.40. The summed E-state index contributed by atoms with van der Waals surface area (Å²) in [5.41, 5.74) is 0. The minimum Gasteiger partial charge on any atom is -0.292 e. The predicted octanol–water partition coefficient (Wildman–Crippen LogP) is 3.61. The highest BCUT2D eigenvalue weighted by Crippen LogP contribution is 2.29. The summed E-state index contributed by atoms with van der Waals surface area (Å²) in [6, 6.07) is 3.86. The van der Waals surface area contributed by atoms with Crippen LogP contribution in [0, 0.1) is 0 Å². The molecule has 0 bridgehead atoms. The van der Waals surface area contributed by atoms with Crippen LogP contribution in [-0.2, 0) is 0 Å². The minimum absolute atomic E-state index is 0.303. The number of ketones is 1. The van der Waals surface area contributed by atoms with E-state index in [1.165, 1.54) is 25.7 Å². The molecular weight excluding hydrogens is 212 g/mol. The minimum atomic E-state index is 0.303. The molecule has 0 N–H and O–H groups in total. The molecule has 1 heterocycles. The van der Waals surface area contributed by atoms with Gasteiger partial charge in [-0.05, 0) is 24.3 Å². The van der Waals surface area contributed by atoms with Gasteiger partial charge < -0.3 is 0 Å². The lowest BCUT2D eigenvalue weighted by Gasteiger charge is -2.06. The Kier molecular flexibility index (Phi) is 3.65. The monoisotopic (exact) mass is 226 g/mol. The van der Waals surface area contributed by atoms with E-state index in [0.29, 0.717) is 11.5 Å². The fraction of sp³-hybridized carbons (Fsp3) is 0.545. The van der Waals surface area contributed by atoms with Crippen molar-refractivity contribution >= 4 is 28.9 Å². The Balaban J connectivity index is 1.78. The first-order valence-corrected chi connectivity index (χ1v) is 6.97. The van der Waals surface area contributed by atoms with Crippen molar-refractivity contribution in [2.24, 2.45) is 0 Å². The van der Waals surface area contributed by atoms with Crippen LogP contribution in [0.5, 0.6) is 0 Å². The molecule has 1 aliphatic rings. The van der Waals surface area contributed by atoms with Crippen molar-refractivity contribution in [2.75, 3.05) is 5.75 Å². The summed E-state index contributed by atoms with van der Waals surface area (Å²) in [5, 5.41) is 2.71. The van der Waals surface area contributed by atoms with E-state index in [0.717, 1.165) is 10.1 Å². The fourth-order valence-corrected chi connectivity index (χ4v) is 3.72. The zero-order valence-electron chi connectivity index (χ0n) is 8.07. The van der Waals surface area contributed by atoms with Crippen LogP contribution in [0.25, 0.3) is 0 Å². The number of thioether (sulfide) groups is 1. The summed E-state index contributed by atoms with van der Waals surface area (Å²) in [7, 11) is 0. The maximum absolute atomic E-state index is 11.7. The molecule has 1 nitrogen and oxygen atoms in total. The van der Waals surface area contributed by atoms with Gasteiger partial charge in [0.1, 0.15) is 0 Å². The largest absolute Gasteiger partial charge is 0.292 e. The zero-order chi connectivity index (χ0) is 9.80. The maximum Gasteiger partial charge on any atom is 0.182 e. The molecular formula is C11H14OS2. The molecule has 0 spiro atoms. The lowest BCUT2D eigenvalue weighted by atomic mass is 10.3. The molecule has 1 fully saturated rings. The van der Waals surface area contributed by atoms with Crippen molar-refractivity contribution in [1.82, 2.24) is 0 Å². The van der Waals surface area contributed by atoms with Crippen molar-refractivity contribution in [3.05, 3.63) is 22.4 Å². The van der Waals surface area contributed by atoms with Gasteiger partial charge in [0.2, 0.25) is 0 Å². The van der Waals surface area contributed by atoms with Crippen LogP contribution in [0.3, 0.4) is 0 Å². The Morgan fingerprint density at radius 3 is 2.93 bits per heavy atom. The van der Waals surface area contributed by atoms with Crippen LogP contribution in [0.15, 0.2) is 17.5 Å². The molecule has 1 saturated carbocycles. The van der Waals surface area contributed by atoms with E-state index in [-0.39, 0.29) is 0 Å². The van der Waals surface area contributed by atoms with Gasteiger partial charge in [0.05, 0.1) is 10.6 Å². The molecule has 0 saturated heterocycles. The highest BCUT2D eigenvalue weighted by atomic mass is 32.2. The van der Waals surface area contributed by atoms with Gasteiger partial charge in [-0.1, -0.05) is 18.9 Å². The molecule has 0 unspecified atom stereocenters. The molecule has 0 radical (unpaired) electrons. The van der Waals surface area contributed by atoms with Gasteiger partial charge in [-0.15, -0.1) is 11.3 Å². The van der Waals surface area contributed by atoms with E-state index in [1.54, 1.807) is 11.3 Å². The zero-order valence-corrected chi connectivity index (χ0v) is 9.70. The molecule has 0 atom stereocenters. The van der Waals surface area contributed by atoms with Crippen molar-refractivity contribution in [3.8, 4) is 0 Å². The van der Waals surface area contributed by atoms with Crippen LogP contribution in [0.1, 0.15) is 35.4 Å². The van der Waals surface area contributed by atoms with Gasteiger partial charge in [0.25, 0.3) is 0 Å². The van der Waals surface area contributed by atoms with Crippen LogP contribution in [-0.4, -0.2) is 16.8 Å². The van der Waals surface area contributed by atoms with Crippen molar-refractivity contribution in [3.63, 3.8) is 0 Å². The summed E-state index contributed by atoms with van der Waals surface area (Å²) in [6.45, 7) is 0. The van der Waals surface area contributed by atoms with E-state index in [9.17, 15) is 4.79 Å². The van der Waals surface area contributed by atoms with Crippen LogP contribution in [0.2, 0.25) is 0 Å². The normalized spacial score (nSPS) is 17.4. The first-order valence-electron chi connectivity index (χ1n) is 5.04. The van der Waals surface area contributed by atoms with E-state index < -0.39 is 0 Å². The Morgan fingerprint density at radius 1 is 1.50 bits per heavy atom. The van der Waals surface area contributed by atoms with E-state index in [2.05, 4.69) is 0 Å². The van der Waals surface area contributed by atoms with Crippen molar-refractivity contribution in [2.45, 2.75) is 30.9 Å². The Hall–Kier alpha value is -0.280. The third kappa shape index (κ3) is 2.61.